The number of ether oxygens (including phenoxy) is 1. The van der Waals surface area contributed by atoms with Crippen molar-refractivity contribution in [2.24, 2.45) is 5.73 Å². The van der Waals surface area contributed by atoms with Gasteiger partial charge in [-0.15, -0.1) is 0 Å². The summed E-state index contributed by atoms with van der Waals surface area (Å²) in [6, 6.07) is 10.1. The number of nitrogens with zero attached hydrogens (tertiary/aromatic N) is 4. The van der Waals surface area contributed by atoms with Gasteiger partial charge in [0.25, 0.3) is 5.91 Å². The molecule has 4 heterocycles. The number of primary amides is 1. The number of carbonyl (C=O) groups excluding carboxylic acids is 1. The van der Waals surface area contributed by atoms with E-state index in [1.165, 1.54) is 0 Å². The number of rotatable bonds is 5. The first-order valence-corrected chi connectivity index (χ1v) is 11.7. The number of H-pyrrole nitrogens is 1. The molecule has 0 bridgehead atoms. The predicted octanol–water partition coefficient (Wildman–Crippen LogP) is 2.43. The van der Waals surface area contributed by atoms with Crippen LogP contribution in [0.15, 0.2) is 42.7 Å². The van der Waals surface area contributed by atoms with E-state index >= 15 is 0 Å². The Morgan fingerprint density at radius 2 is 1.82 bits per heavy atom. The van der Waals surface area contributed by atoms with E-state index in [9.17, 15) is 9.90 Å². The summed E-state index contributed by atoms with van der Waals surface area (Å²) < 4.78 is 5.52. The summed E-state index contributed by atoms with van der Waals surface area (Å²) in [5.74, 6) is -0.579. The van der Waals surface area contributed by atoms with Crippen molar-refractivity contribution in [1.82, 2.24) is 15.2 Å². The molecule has 2 aliphatic heterocycles. The molecule has 178 valence electrons. The van der Waals surface area contributed by atoms with E-state index in [0.717, 1.165) is 48.7 Å². The summed E-state index contributed by atoms with van der Waals surface area (Å²) in [7, 11) is 0. The maximum atomic E-state index is 12.5. The van der Waals surface area contributed by atoms with E-state index in [0.29, 0.717) is 37.3 Å². The van der Waals surface area contributed by atoms with Crippen LogP contribution in [0.2, 0.25) is 0 Å². The zero-order valence-corrected chi connectivity index (χ0v) is 19.3. The molecule has 0 atom stereocenters. The van der Waals surface area contributed by atoms with Crippen LogP contribution >= 0.6 is 0 Å². The van der Waals surface area contributed by atoms with Crippen molar-refractivity contribution < 1.29 is 14.6 Å². The van der Waals surface area contributed by atoms with Crippen LogP contribution in [0.25, 0.3) is 22.4 Å². The highest BCUT2D eigenvalue weighted by Crippen LogP contribution is 2.39. The minimum Gasteiger partial charge on any atom is -0.390 e. The van der Waals surface area contributed by atoms with E-state index in [4.69, 9.17) is 10.5 Å². The molecule has 2 aliphatic rings. The van der Waals surface area contributed by atoms with Gasteiger partial charge in [-0.25, -0.2) is 4.98 Å². The third-order valence-corrected chi connectivity index (χ3v) is 6.75. The second-order valence-corrected chi connectivity index (χ2v) is 9.23. The smallest absolute Gasteiger partial charge is 0.267 e. The lowest BCUT2D eigenvalue weighted by Gasteiger charge is -2.39. The van der Waals surface area contributed by atoms with Gasteiger partial charge in [-0.3, -0.25) is 9.89 Å². The molecule has 0 spiro atoms. The van der Waals surface area contributed by atoms with Crippen molar-refractivity contribution >= 4 is 17.3 Å². The van der Waals surface area contributed by atoms with Gasteiger partial charge in [0.15, 0.2) is 0 Å². The molecule has 2 saturated heterocycles. The number of nitrogens with one attached hydrogen (secondary N) is 1. The van der Waals surface area contributed by atoms with Gasteiger partial charge in [0.05, 0.1) is 30.7 Å². The molecular formula is C25H30N6O3. The average Bonchev–Trinajstić information content (AvgIpc) is 3.39. The number of anilines is 2. The van der Waals surface area contributed by atoms with Crippen LogP contribution in [0.1, 0.15) is 30.3 Å². The second kappa shape index (κ2) is 9.08. The van der Waals surface area contributed by atoms with Crippen LogP contribution in [-0.2, 0) is 4.74 Å². The quantitative estimate of drug-likeness (QED) is 0.532. The second-order valence-electron chi connectivity index (χ2n) is 9.23. The summed E-state index contributed by atoms with van der Waals surface area (Å²) in [6.07, 6.45) is 4.74. The number of pyridine rings is 1. The minimum atomic E-state index is -0.662. The molecule has 0 unspecified atom stereocenters. The molecule has 2 aromatic heterocycles. The van der Waals surface area contributed by atoms with Crippen LogP contribution in [0.4, 0.5) is 11.4 Å². The number of hydrogen-bond acceptors (Lipinski definition) is 7. The number of amides is 1. The summed E-state index contributed by atoms with van der Waals surface area (Å²) in [6.45, 7) is 6.41. The van der Waals surface area contributed by atoms with Crippen molar-refractivity contribution in [3.8, 4) is 22.4 Å². The van der Waals surface area contributed by atoms with Crippen LogP contribution in [0.3, 0.4) is 0 Å². The molecule has 2 fully saturated rings. The van der Waals surface area contributed by atoms with Crippen LogP contribution in [0, 0.1) is 0 Å². The van der Waals surface area contributed by atoms with Crippen molar-refractivity contribution in [3.05, 3.63) is 48.4 Å². The number of aromatic amines is 1. The Balaban J connectivity index is 1.59. The normalized spacial score (nSPS) is 18.2. The fourth-order valence-corrected chi connectivity index (χ4v) is 4.67. The predicted molar refractivity (Wildman–Crippen MR) is 131 cm³/mol. The highest BCUT2D eigenvalue weighted by atomic mass is 16.5. The topological polar surface area (TPSA) is 121 Å². The lowest BCUT2D eigenvalue weighted by atomic mass is 9.92. The first kappa shape index (κ1) is 22.4. The van der Waals surface area contributed by atoms with E-state index in [2.05, 4.69) is 37.1 Å². The zero-order chi connectivity index (χ0) is 23.7. The van der Waals surface area contributed by atoms with Crippen LogP contribution in [0.5, 0.6) is 0 Å². The first-order chi connectivity index (χ1) is 16.4. The Morgan fingerprint density at radius 1 is 1.09 bits per heavy atom. The number of piperidine rings is 1. The molecule has 1 amide bonds. The molecular weight excluding hydrogens is 432 g/mol. The molecule has 5 rings (SSSR count). The Hall–Kier alpha value is -3.43. The third-order valence-electron chi connectivity index (χ3n) is 6.75. The molecule has 0 aliphatic carbocycles. The fourth-order valence-electron chi connectivity index (χ4n) is 4.67. The summed E-state index contributed by atoms with van der Waals surface area (Å²) >= 11 is 0. The molecule has 9 nitrogen and oxygen atoms in total. The highest BCUT2D eigenvalue weighted by Gasteiger charge is 2.29. The Kier molecular flexibility index (Phi) is 5.97. The maximum Gasteiger partial charge on any atom is 0.267 e. The van der Waals surface area contributed by atoms with Crippen molar-refractivity contribution in [3.63, 3.8) is 0 Å². The van der Waals surface area contributed by atoms with Gasteiger partial charge in [-0.2, -0.15) is 5.10 Å². The van der Waals surface area contributed by atoms with Crippen molar-refractivity contribution in [1.29, 1.82) is 0 Å². The molecule has 34 heavy (non-hydrogen) atoms. The lowest BCUT2D eigenvalue weighted by molar-refractivity contribution is 0.0351. The van der Waals surface area contributed by atoms with Gasteiger partial charge >= 0.3 is 0 Å². The Labute approximate surface area is 198 Å². The van der Waals surface area contributed by atoms with Gasteiger partial charge < -0.3 is 25.4 Å². The molecule has 3 aromatic rings. The van der Waals surface area contributed by atoms with Gasteiger partial charge in [-0.1, -0.05) is 6.07 Å². The summed E-state index contributed by atoms with van der Waals surface area (Å²) in [5.41, 5.74) is 10.5. The van der Waals surface area contributed by atoms with Gasteiger partial charge in [0.2, 0.25) is 0 Å². The highest BCUT2D eigenvalue weighted by molar-refractivity contribution is 6.00. The van der Waals surface area contributed by atoms with Gasteiger partial charge in [-0.05, 0) is 44.0 Å². The lowest BCUT2D eigenvalue weighted by Crippen LogP contribution is -2.42. The summed E-state index contributed by atoms with van der Waals surface area (Å²) in [5, 5.41) is 17.2. The van der Waals surface area contributed by atoms with Gasteiger partial charge in [0, 0.05) is 60.4 Å². The number of nitrogens with two attached hydrogens (primary N) is 1. The SMILES string of the molecule is CC1(O)CCN(c2cc(N3CCOCC3)ccc2-c2ccc(-c3cn[nH]c3)nc2C(N)=O)CC1. The molecule has 4 N–H and O–H groups in total. The van der Waals surface area contributed by atoms with E-state index in [-0.39, 0.29) is 5.69 Å². The average molecular weight is 463 g/mol. The Bertz CT molecular complexity index is 1160. The third kappa shape index (κ3) is 4.49. The minimum absolute atomic E-state index is 0.225. The number of benzene rings is 1. The largest absolute Gasteiger partial charge is 0.390 e. The first-order valence-electron chi connectivity index (χ1n) is 11.7. The number of hydrogen-bond donors (Lipinski definition) is 3. The molecule has 1 aromatic carbocycles. The van der Waals surface area contributed by atoms with Crippen molar-refractivity contribution in [2.45, 2.75) is 25.4 Å². The zero-order valence-electron chi connectivity index (χ0n) is 19.3. The maximum absolute atomic E-state index is 12.5. The van der Waals surface area contributed by atoms with Crippen molar-refractivity contribution in [2.75, 3.05) is 49.2 Å². The summed E-state index contributed by atoms with van der Waals surface area (Å²) in [4.78, 5) is 21.7. The molecule has 9 heteroatoms. The van der Waals surface area contributed by atoms with Crippen LogP contribution < -0.4 is 15.5 Å². The van der Waals surface area contributed by atoms with E-state index in [1.807, 2.05) is 25.1 Å². The van der Waals surface area contributed by atoms with Crippen LogP contribution in [-0.4, -0.2) is 71.2 Å². The monoisotopic (exact) mass is 462 g/mol. The molecule has 0 saturated carbocycles. The number of aliphatic hydroxyl groups is 1. The molecule has 0 radical (unpaired) electrons. The standard InChI is InChI=1S/C25H30N6O3/c1-25(33)6-8-31(9-7-25)22-14-18(30-10-12-34-13-11-30)2-3-19(22)20-4-5-21(17-15-27-28-16-17)29-23(20)24(26)32/h2-5,14-16,33H,6-13H2,1H3,(H2,26,32)(H,27,28). The van der Waals surface area contributed by atoms with Gasteiger partial charge in [0.1, 0.15) is 5.69 Å². The number of morpholine rings is 1. The number of carbonyl (C=O) groups is 1. The van der Waals surface area contributed by atoms with E-state index < -0.39 is 11.5 Å². The Morgan fingerprint density at radius 3 is 2.50 bits per heavy atom. The fraction of sp³-hybridized carbons (Fsp3) is 0.400. The number of aromatic nitrogens is 3. The van der Waals surface area contributed by atoms with E-state index in [1.54, 1.807) is 12.4 Å².